The van der Waals surface area contributed by atoms with Crippen LogP contribution in [0.2, 0.25) is 0 Å². The summed E-state index contributed by atoms with van der Waals surface area (Å²) in [5.41, 5.74) is 0.453. The molecule has 3 N–H and O–H groups in total. The third kappa shape index (κ3) is 2.49. The Morgan fingerprint density at radius 3 is 2.82 bits per heavy atom. The van der Waals surface area contributed by atoms with Crippen LogP contribution in [0.25, 0.3) is 0 Å². The summed E-state index contributed by atoms with van der Waals surface area (Å²) in [4.78, 5) is 28.9. The van der Waals surface area contributed by atoms with Gasteiger partial charge >= 0.3 is 5.97 Å². The highest BCUT2D eigenvalue weighted by Crippen LogP contribution is 2.08. The van der Waals surface area contributed by atoms with Gasteiger partial charge in [0.15, 0.2) is 0 Å². The number of hydrogen-bond acceptors (Lipinski definition) is 3. The van der Waals surface area contributed by atoms with Crippen LogP contribution in [0.1, 0.15) is 20.8 Å². The van der Waals surface area contributed by atoms with Crippen LogP contribution in [-0.2, 0) is 0 Å². The van der Waals surface area contributed by atoms with Crippen LogP contribution in [0.4, 0.5) is 5.82 Å². The lowest BCUT2D eigenvalue weighted by molar-refractivity contribution is 0.0696. The van der Waals surface area contributed by atoms with Gasteiger partial charge in [-0.3, -0.25) is 4.79 Å². The fraction of sp³-hybridized carbons (Fsp3) is 0. The number of carbonyl (C=O) groups is 2. The van der Waals surface area contributed by atoms with Crippen molar-refractivity contribution >= 4 is 17.7 Å². The maximum absolute atomic E-state index is 11.6. The van der Waals surface area contributed by atoms with Gasteiger partial charge in [-0.25, -0.2) is 9.78 Å². The van der Waals surface area contributed by atoms with E-state index in [1.54, 1.807) is 18.3 Å². The van der Waals surface area contributed by atoms with Gasteiger partial charge in [0, 0.05) is 12.4 Å². The van der Waals surface area contributed by atoms with E-state index < -0.39 is 5.97 Å². The van der Waals surface area contributed by atoms with E-state index >= 15 is 0 Å². The quantitative estimate of drug-likeness (QED) is 0.743. The van der Waals surface area contributed by atoms with Crippen LogP contribution >= 0.6 is 0 Å². The van der Waals surface area contributed by atoms with Crippen molar-refractivity contribution in [2.24, 2.45) is 0 Å². The molecule has 0 atom stereocenters. The molecule has 0 aliphatic rings. The number of aromatic amines is 1. The molecule has 0 fully saturated rings. The van der Waals surface area contributed by atoms with Gasteiger partial charge in [-0.05, 0) is 24.3 Å². The fourth-order valence-corrected chi connectivity index (χ4v) is 1.29. The number of aromatic nitrogens is 2. The first-order chi connectivity index (χ1) is 8.16. The summed E-state index contributed by atoms with van der Waals surface area (Å²) in [6, 6.07) is 5.95. The van der Waals surface area contributed by atoms with E-state index in [9.17, 15) is 9.59 Å². The standard InChI is InChI=1S/C11H9N3O3/c15-10(8-2-1-4-12-8)14-9-6-7(11(16)17)3-5-13-9/h1-6,12H,(H,16,17)(H,13,14,15). The molecule has 0 saturated heterocycles. The van der Waals surface area contributed by atoms with E-state index in [0.717, 1.165) is 0 Å². The third-order valence-corrected chi connectivity index (χ3v) is 2.09. The molecule has 2 aromatic rings. The van der Waals surface area contributed by atoms with Crippen LogP contribution in [0.15, 0.2) is 36.7 Å². The molecule has 1 amide bonds. The van der Waals surface area contributed by atoms with Gasteiger partial charge in [0.1, 0.15) is 11.5 Å². The summed E-state index contributed by atoms with van der Waals surface area (Å²) < 4.78 is 0. The molecule has 2 rings (SSSR count). The van der Waals surface area contributed by atoms with E-state index in [2.05, 4.69) is 15.3 Å². The number of amides is 1. The summed E-state index contributed by atoms with van der Waals surface area (Å²) in [6.45, 7) is 0. The zero-order valence-corrected chi connectivity index (χ0v) is 8.68. The minimum Gasteiger partial charge on any atom is -0.478 e. The van der Waals surface area contributed by atoms with Gasteiger partial charge < -0.3 is 15.4 Å². The molecule has 0 radical (unpaired) electrons. The molecule has 2 heterocycles. The molecule has 0 bridgehead atoms. The molecule has 6 heteroatoms. The predicted octanol–water partition coefficient (Wildman–Crippen LogP) is 1.36. The van der Waals surface area contributed by atoms with Crippen molar-refractivity contribution in [3.8, 4) is 0 Å². The Labute approximate surface area is 96.3 Å². The Morgan fingerprint density at radius 1 is 1.35 bits per heavy atom. The van der Waals surface area contributed by atoms with Crippen molar-refractivity contribution in [1.29, 1.82) is 0 Å². The maximum Gasteiger partial charge on any atom is 0.335 e. The minimum atomic E-state index is -1.07. The highest BCUT2D eigenvalue weighted by molar-refractivity contribution is 6.02. The second-order valence-corrected chi connectivity index (χ2v) is 3.27. The lowest BCUT2D eigenvalue weighted by Crippen LogP contribution is -2.13. The van der Waals surface area contributed by atoms with Gasteiger partial charge in [-0.15, -0.1) is 0 Å². The molecule has 0 aromatic carbocycles. The molecule has 0 unspecified atom stereocenters. The largest absolute Gasteiger partial charge is 0.478 e. The SMILES string of the molecule is O=C(O)c1ccnc(NC(=O)c2ccc[nH]2)c1. The van der Waals surface area contributed by atoms with Crippen molar-refractivity contribution in [2.75, 3.05) is 5.32 Å². The Hall–Kier alpha value is -2.63. The number of carboxylic acids is 1. The van der Waals surface area contributed by atoms with Gasteiger partial charge in [0.25, 0.3) is 5.91 Å². The van der Waals surface area contributed by atoms with Crippen LogP contribution < -0.4 is 5.32 Å². The molecule has 0 aliphatic heterocycles. The van der Waals surface area contributed by atoms with Crippen LogP contribution in [0, 0.1) is 0 Å². The number of carbonyl (C=O) groups excluding carboxylic acids is 1. The third-order valence-electron chi connectivity index (χ3n) is 2.09. The predicted molar refractivity (Wildman–Crippen MR) is 59.9 cm³/mol. The van der Waals surface area contributed by atoms with Crippen molar-refractivity contribution in [3.63, 3.8) is 0 Å². The van der Waals surface area contributed by atoms with Gasteiger partial charge in [0.05, 0.1) is 5.56 Å². The molecule has 0 spiro atoms. The Balaban J connectivity index is 2.16. The van der Waals surface area contributed by atoms with Crippen molar-refractivity contribution in [2.45, 2.75) is 0 Å². The van der Waals surface area contributed by atoms with Crippen LogP contribution in [0.3, 0.4) is 0 Å². The summed E-state index contributed by atoms with van der Waals surface area (Å²) in [6.07, 6.45) is 2.95. The Kier molecular flexibility index (Phi) is 2.87. The maximum atomic E-state index is 11.6. The first-order valence-electron chi connectivity index (χ1n) is 4.81. The minimum absolute atomic E-state index is 0.0711. The topological polar surface area (TPSA) is 95.1 Å². The molecule has 17 heavy (non-hydrogen) atoms. The van der Waals surface area contributed by atoms with E-state index in [4.69, 9.17) is 5.11 Å². The summed E-state index contributed by atoms with van der Waals surface area (Å²) >= 11 is 0. The summed E-state index contributed by atoms with van der Waals surface area (Å²) in [7, 11) is 0. The van der Waals surface area contributed by atoms with Gasteiger partial charge in [-0.1, -0.05) is 0 Å². The average molecular weight is 231 g/mol. The second-order valence-electron chi connectivity index (χ2n) is 3.27. The number of pyridine rings is 1. The number of hydrogen-bond donors (Lipinski definition) is 3. The number of nitrogens with zero attached hydrogens (tertiary/aromatic N) is 1. The van der Waals surface area contributed by atoms with E-state index in [0.29, 0.717) is 5.69 Å². The highest BCUT2D eigenvalue weighted by Gasteiger charge is 2.09. The number of anilines is 1. The number of rotatable bonds is 3. The smallest absolute Gasteiger partial charge is 0.335 e. The zero-order chi connectivity index (χ0) is 12.3. The van der Waals surface area contributed by atoms with Crippen LogP contribution in [0.5, 0.6) is 0 Å². The molecular weight excluding hydrogens is 222 g/mol. The van der Waals surface area contributed by atoms with Gasteiger partial charge in [-0.2, -0.15) is 0 Å². The monoisotopic (exact) mass is 231 g/mol. The average Bonchev–Trinajstić information content (AvgIpc) is 2.82. The van der Waals surface area contributed by atoms with E-state index in [1.807, 2.05) is 0 Å². The van der Waals surface area contributed by atoms with E-state index in [-0.39, 0.29) is 17.3 Å². The number of nitrogens with one attached hydrogen (secondary N) is 2. The summed E-state index contributed by atoms with van der Waals surface area (Å²) in [5.74, 6) is -1.24. The van der Waals surface area contributed by atoms with Gasteiger partial charge in [0.2, 0.25) is 0 Å². The van der Waals surface area contributed by atoms with Crippen molar-refractivity contribution in [1.82, 2.24) is 9.97 Å². The molecule has 6 nitrogen and oxygen atoms in total. The zero-order valence-electron chi connectivity index (χ0n) is 8.68. The highest BCUT2D eigenvalue weighted by atomic mass is 16.4. The fourth-order valence-electron chi connectivity index (χ4n) is 1.29. The first-order valence-corrected chi connectivity index (χ1v) is 4.81. The second kappa shape index (κ2) is 4.48. The number of H-pyrrole nitrogens is 1. The molecular formula is C11H9N3O3. The van der Waals surface area contributed by atoms with E-state index in [1.165, 1.54) is 18.3 Å². The molecule has 2 aromatic heterocycles. The Bertz CT molecular complexity index is 549. The summed E-state index contributed by atoms with van der Waals surface area (Å²) in [5, 5.41) is 11.3. The lowest BCUT2D eigenvalue weighted by atomic mass is 10.2. The van der Waals surface area contributed by atoms with Crippen LogP contribution in [-0.4, -0.2) is 27.0 Å². The van der Waals surface area contributed by atoms with Crippen molar-refractivity contribution < 1.29 is 14.7 Å². The number of aromatic carboxylic acids is 1. The number of carboxylic acid groups (broad SMARTS) is 1. The normalized spacial score (nSPS) is 9.88. The first kappa shape index (κ1) is 10.9. The Morgan fingerprint density at radius 2 is 2.18 bits per heavy atom. The molecule has 0 saturated carbocycles. The van der Waals surface area contributed by atoms with Crippen molar-refractivity contribution in [3.05, 3.63) is 47.9 Å². The molecule has 86 valence electrons. The lowest BCUT2D eigenvalue weighted by Gasteiger charge is -2.03. The molecule has 0 aliphatic carbocycles.